The predicted octanol–water partition coefficient (Wildman–Crippen LogP) is 4.45. The van der Waals surface area contributed by atoms with E-state index in [1.54, 1.807) is 42.5 Å². The number of rotatable bonds is 5. The van der Waals surface area contributed by atoms with Gasteiger partial charge in [0.05, 0.1) is 35.3 Å². The van der Waals surface area contributed by atoms with Gasteiger partial charge in [-0.1, -0.05) is 35.3 Å². The van der Waals surface area contributed by atoms with Crippen molar-refractivity contribution in [2.75, 3.05) is 17.7 Å². The maximum Gasteiger partial charge on any atom is 0.339 e. The number of nitrogens with zero attached hydrogens (tertiary/aromatic N) is 3. The molecule has 0 atom stereocenters. The number of hydrogen-bond acceptors (Lipinski definition) is 7. The van der Waals surface area contributed by atoms with Crippen molar-refractivity contribution >= 4 is 52.3 Å². The van der Waals surface area contributed by atoms with E-state index in [2.05, 4.69) is 25.8 Å². The van der Waals surface area contributed by atoms with E-state index in [0.29, 0.717) is 32.8 Å². The number of esters is 1. The molecule has 9 heteroatoms. The summed E-state index contributed by atoms with van der Waals surface area (Å²) in [5, 5.41) is 14.8. The number of nitrogens with one attached hydrogen (secondary N) is 2. The molecule has 0 fully saturated rings. The molecule has 1 aromatic heterocycles. The van der Waals surface area contributed by atoms with Crippen LogP contribution in [0.2, 0.25) is 10.0 Å². The van der Waals surface area contributed by atoms with Crippen LogP contribution in [0.1, 0.15) is 10.4 Å². The first-order valence-electron chi connectivity index (χ1n) is 7.43. The maximum atomic E-state index is 11.8. The smallest absolute Gasteiger partial charge is 0.339 e. The van der Waals surface area contributed by atoms with Crippen molar-refractivity contribution in [2.24, 2.45) is 0 Å². The molecule has 0 saturated heterocycles. The molecule has 0 aliphatic heterocycles. The molecule has 0 saturated carbocycles. The van der Waals surface area contributed by atoms with Crippen LogP contribution in [0, 0.1) is 0 Å². The van der Waals surface area contributed by atoms with Gasteiger partial charge in [-0.15, -0.1) is 5.10 Å². The average Bonchev–Trinajstić information content (AvgIpc) is 2.64. The lowest BCUT2D eigenvalue weighted by atomic mass is 10.2. The highest BCUT2D eigenvalue weighted by Gasteiger charge is 2.12. The van der Waals surface area contributed by atoms with Crippen LogP contribution in [-0.4, -0.2) is 28.3 Å². The SMILES string of the molecule is COC(=O)c1ccccc1Nc1cnnc(Nc2ccc(Cl)cc2Cl)n1. The Kier molecular flexibility index (Phi) is 5.50. The zero-order valence-corrected chi connectivity index (χ0v) is 15.0. The van der Waals surface area contributed by atoms with Gasteiger partial charge in [-0.2, -0.15) is 10.1 Å². The summed E-state index contributed by atoms with van der Waals surface area (Å²) in [5.41, 5.74) is 1.50. The van der Waals surface area contributed by atoms with Crippen LogP contribution in [0.25, 0.3) is 0 Å². The molecule has 2 N–H and O–H groups in total. The largest absolute Gasteiger partial charge is 0.465 e. The summed E-state index contributed by atoms with van der Waals surface area (Å²) in [6, 6.07) is 11.9. The van der Waals surface area contributed by atoms with Crippen molar-refractivity contribution in [2.45, 2.75) is 0 Å². The third-order valence-corrected chi connectivity index (χ3v) is 3.88. The molecule has 0 amide bonds. The normalized spacial score (nSPS) is 10.3. The lowest BCUT2D eigenvalue weighted by molar-refractivity contribution is 0.0602. The van der Waals surface area contributed by atoms with Gasteiger partial charge in [0.1, 0.15) is 0 Å². The van der Waals surface area contributed by atoms with Gasteiger partial charge in [-0.05, 0) is 30.3 Å². The van der Waals surface area contributed by atoms with E-state index in [0.717, 1.165) is 0 Å². The van der Waals surface area contributed by atoms with Gasteiger partial charge in [0.15, 0.2) is 5.82 Å². The van der Waals surface area contributed by atoms with Crippen molar-refractivity contribution in [1.82, 2.24) is 15.2 Å². The lowest BCUT2D eigenvalue weighted by Crippen LogP contribution is -2.07. The molecule has 0 radical (unpaired) electrons. The fraction of sp³-hybridized carbons (Fsp3) is 0.0588. The first kappa shape index (κ1) is 17.9. The monoisotopic (exact) mass is 389 g/mol. The number of hydrogen-bond donors (Lipinski definition) is 2. The first-order valence-corrected chi connectivity index (χ1v) is 8.18. The number of methoxy groups -OCH3 is 1. The Labute approximate surface area is 159 Å². The molecule has 3 aromatic rings. The summed E-state index contributed by atoms with van der Waals surface area (Å²) in [6.07, 6.45) is 1.43. The van der Waals surface area contributed by atoms with Crippen LogP contribution < -0.4 is 10.6 Å². The molecule has 3 rings (SSSR count). The Morgan fingerprint density at radius 3 is 2.65 bits per heavy atom. The Bertz CT molecular complexity index is 952. The molecule has 0 aliphatic rings. The van der Waals surface area contributed by atoms with Crippen molar-refractivity contribution in [3.8, 4) is 0 Å². The van der Waals surface area contributed by atoms with E-state index in [1.807, 2.05) is 0 Å². The number of carbonyl (C=O) groups excluding carboxylic acids is 1. The highest BCUT2D eigenvalue weighted by molar-refractivity contribution is 6.36. The second-order valence-electron chi connectivity index (χ2n) is 5.08. The third-order valence-electron chi connectivity index (χ3n) is 3.33. The van der Waals surface area contributed by atoms with Crippen molar-refractivity contribution in [1.29, 1.82) is 0 Å². The number of carbonyl (C=O) groups is 1. The Balaban J connectivity index is 1.83. The van der Waals surface area contributed by atoms with E-state index in [-0.39, 0.29) is 5.95 Å². The van der Waals surface area contributed by atoms with E-state index in [9.17, 15) is 4.79 Å². The molecular weight excluding hydrogens is 377 g/mol. The molecule has 0 spiro atoms. The van der Waals surface area contributed by atoms with Gasteiger partial charge in [-0.25, -0.2) is 4.79 Å². The Morgan fingerprint density at radius 1 is 1.08 bits per heavy atom. The summed E-state index contributed by atoms with van der Waals surface area (Å²) in [5.74, 6) is 0.167. The number of aromatic nitrogens is 3. The molecule has 2 aromatic carbocycles. The lowest BCUT2D eigenvalue weighted by Gasteiger charge is -2.11. The summed E-state index contributed by atoms with van der Waals surface area (Å²) >= 11 is 12.0. The highest BCUT2D eigenvalue weighted by atomic mass is 35.5. The van der Waals surface area contributed by atoms with Crippen molar-refractivity contribution < 1.29 is 9.53 Å². The van der Waals surface area contributed by atoms with E-state index >= 15 is 0 Å². The minimum Gasteiger partial charge on any atom is -0.465 e. The third kappa shape index (κ3) is 4.19. The summed E-state index contributed by atoms with van der Waals surface area (Å²) in [7, 11) is 1.32. The number of benzene rings is 2. The first-order chi connectivity index (χ1) is 12.6. The van der Waals surface area contributed by atoms with Crippen molar-refractivity contribution in [3.63, 3.8) is 0 Å². The predicted molar refractivity (Wildman–Crippen MR) is 101 cm³/mol. The minimum absolute atomic E-state index is 0.231. The summed E-state index contributed by atoms with van der Waals surface area (Å²) in [4.78, 5) is 16.2. The summed E-state index contributed by atoms with van der Waals surface area (Å²) in [6.45, 7) is 0. The van der Waals surface area contributed by atoms with Gasteiger partial charge >= 0.3 is 5.97 Å². The highest BCUT2D eigenvalue weighted by Crippen LogP contribution is 2.27. The number of halogens is 2. The average molecular weight is 390 g/mol. The van der Waals surface area contributed by atoms with Gasteiger partial charge in [0.2, 0.25) is 5.95 Å². The standard InChI is InChI=1S/C17H13Cl2N5O2/c1-26-16(25)11-4-2-3-5-13(11)21-15-9-20-24-17(23-15)22-14-7-6-10(18)8-12(14)19/h2-9H,1H3,(H2,21,22,23,24). The molecule has 1 heterocycles. The minimum atomic E-state index is -0.457. The molecule has 132 valence electrons. The second kappa shape index (κ2) is 7.99. The molecule has 0 aliphatic carbocycles. The molecular formula is C17H13Cl2N5O2. The van der Waals surface area contributed by atoms with Gasteiger partial charge in [0, 0.05) is 5.02 Å². The van der Waals surface area contributed by atoms with E-state index < -0.39 is 5.97 Å². The van der Waals surface area contributed by atoms with Crippen LogP contribution in [0.4, 0.5) is 23.1 Å². The van der Waals surface area contributed by atoms with E-state index in [4.69, 9.17) is 27.9 Å². The molecule has 0 bridgehead atoms. The fourth-order valence-electron chi connectivity index (χ4n) is 2.15. The van der Waals surface area contributed by atoms with Crippen LogP contribution in [-0.2, 0) is 4.74 Å². The van der Waals surface area contributed by atoms with Gasteiger partial charge < -0.3 is 15.4 Å². The fourth-order valence-corrected chi connectivity index (χ4v) is 2.60. The quantitative estimate of drug-likeness (QED) is 0.622. The molecule has 0 unspecified atom stereocenters. The zero-order valence-electron chi connectivity index (χ0n) is 13.5. The molecule has 7 nitrogen and oxygen atoms in total. The van der Waals surface area contributed by atoms with Gasteiger partial charge in [0.25, 0.3) is 0 Å². The zero-order chi connectivity index (χ0) is 18.5. The van der Waals surface area contributed by atoms with Gasteiger partial charge in [-0.3, -0.25) is 0 Å². The Hall–Kier alpha value is -2.90. The topological polar surface area (TPSA) is 89.0 Å². The number of ether oxygens (including phenoxy) is 1. The van der Waals surface area contributed by atoms with Crippen molar-refractivity contribution in [3.05, 3.63) is 64.3 Å². The maximum absolute atomic E-state index is 11.8. The number of para-hydroxylation sites is 1. The van der Waals surface area contributed by atoms with E-state index in [1.165, 1.54) is 13.3 Å². The second-order valence-corrected chi connectivity index (χ2v) is 5.92. The van der Waals surface area contributed by atoms with Crippen LogP contribution in [0.3, 0.4) is 0 Å². The molecule has 26 heavy (non-hydrogen) atoms. The van der Waals surface area contributed by atoms with Crippen LogP contribution in [0.15, 0.2) is 48.7 Å². The number of anilines is 4. The van der Waals surface area contributed by atoms with Crippen LogP contribution >= 0.6 is 23.2 Å². The van der Waals surface area contributed by atoms with Crippen LogP contribution in [0.5, 0.6) is 0 Å². The Morgan fingerprint density at radius 2 is 1.88 bits per heavy atom. The summed E-state index contributed by atoms with van der Waals surface area (Å²) < 4.78 is 4.78.